The lowest BCUT2D eigenvalue weighted by Crippen LogP contribution is -2.43. The molecule has 1 saturated heterocycles. The van der Waals surface area contributed by atoms with Crippen LogP contribution in [0.15, 0.2) is 27.1 Å². The lowest BCUT2D eigenvalue weighted by molar-refractivity contribution is -0.148. The minimum atomic E-state index is -0.979. The molecule has 1 N–H and O–H groups in total. The van der Waals surface area contributed by atoms with Gasteiger partial charge < -0.3 is 14.7 Å². The molecule has 0 radical (unpaired) electrons. The van der Waals surface area contributed by atoms with Crippen LogP contribution in [0.5, 0.6) is 5.75 Å². The summed E-state index contributed by atoms with van der Waals surface area (Å²) in [6.45, 7) is -0.176. The maximum atomic E-state index is 12.0. The molecule has 0 spiro atoms. The summed E-state index contributed by atoms with van der Waals surface area (Å²) >= 11 is 8.09. The molecule has 1 fully saturated rings. The Labute approximate surface area is 136 Å². The molecule has 1 aliphatic heterocycles. The number of carbonyl (C=O) groups is 2. The highest BCUT2D eigenvalue weighted by atomic mass is 79.9. The molecular formula is C12H11Br2NO4S. The third kappa shape index (κ3) is 3.67. The van der Waals surface area contributed by atoms with Gasteiger partial charge in [0.05, 0.1) is 10.3 Å². The zero-order valence-electron chi connectivity index (χ0n) is 10.2. The minimum absolute atomic E-state index is 0.176. The maximum absolute atomic E-state index is 12.0. The fourth-order valence-corrected chi connectivity index (χ4v) is 4.04. The highest BCUT2D eigenvalue weighted by molar-refractivity contribution is 9.11. The van der Waals surface area contributed by atoms with Gasteiger partial charge in [0.2, 0.25) is 0 Å². The van der Waals surface area contributed by atoms with E-state index in [0.29, 0.717) is 17.4 Å². The van der Waals surface area contributed by atoms with Gasteiger partial charge in [0.1, 0.15) is 11.8 Å². The van der Waals surface area contributed by atoms with E-state index in [-0.39, 0.29) is 12.5 Å². The molecule has 1 atom stereocenters. The van der Waals surface area contributed by atoms with Gasteiger partial charge in [0, 0.05) is 10.2 Å². The van der Waals surface area contributed by atoms with Gasteiger partial charge in [-0.2, -0.15) is 0 Å². The number of nitrogens with zero attached hydrogens (tertiary/aromatic N) is 1. The quantitative estimate of drug-likeness (QED) is 0.804. The standard InChI is InChI=1S/C12H11Br2NO4S/c13-7-1-2-10(8(14)3-7)19-4-11(16)15-6-20-5-9(15)12(17)18/h1-3,9H,4-6H2,(H,17,18)/t9-/m0/s1. The molecule has 0 unspecified atom stereocenters. The van der Waals surface area contributed by atoms with Crippen LogP contribution >= 0.6 is 43.6 Å². The van der Waals surface area contributed by atoms with Crippen molar-refractivity contribution in [3.63, 3.8) is 0 Å². The fraction of sp³-hybridized carbons (Fsp3) is 0.333. The molecule has 1 heterocycles. The summed E-state index contributed by atoms with van der Waals surface area (Å²) in [4.78, 5) is 24.4. The number of carbonyl (C=O) groups excluding carboxylic acids is 1. The Morgan fingerprint density at radius 2 is 2.20 bits per heavy atom. The predicted molar refractivity (Wildman–Crippen MR) is 82.9 cm³/mol. The van der Waals surface area contributed by atoms with Gasteiger partial charge in [-0.3, -0.25) is 4.79 Å². The average Bonchev–Trinajstić information content (AvgIpc) is 2.86. The van der Waals surface area contributed by atoms with Crippen molar-refractivity contribution in [1.82, 2.24) is 4.90 Å². The van der Waals surface area contributed by atoms with E-state index in [1.54, 1.807) is 12.1 Å². The largest absolute Gasteiger partial charge is 0.483 e. The van der Waals surface area contributed by atoms with Gasteiger partial charge in [-0.25, -0.2) is 4.79 Å². The molecular weight excluding hydrogens is 414 g/mol. The average molecular weight is 425 g/mol. The first-order valence-electron chi connectivity index (χ1n) is 5.67. The summed E-state index contributed by atoms with van der Waals surface area (Å²) in [7, 11) is 0. The lowest BCUT2D eigenvalue weighted by atomic mass is 10.3. The van der Waals surface area contributed by atoms with Crippen molar-refractivity contribution in [2.75, 3.05) is 18.2 Å². The van der Waals surface area contributed by atoms with E-state index < -0.39 is 12.0 Å². The summed E-state index contributed by atoms with van der Waals surface area (Å²) in [6.07, 6.45) is 0. The first kappa shape index (κ1) is 15.7. The van der Waals surface area contributed by atoms with Crippen LogP contribution in [0.2, 0.25) is 0 Å². The van der Waals surface area contributed by atoms with Crippen molar-refractivity contribution in [2.24, 2.45) is 0 Å². The number of hydrogen-bond acceptors (Lipinski definition) is 4. The number of thioether (sulfide) groups is 1. The highest BCUT2D eigenvalue weighted by Crippen LogP contribution is 2.28. The minimum Gasteiger partial charge on any atom is -0.483 e. The van der Waals surface area contributed by atoms with Crippen LogP contribution in [-0.4, -0.2) is 46.2 Å². The topological polar surface area (TPSA) is 66.8 Å². The number of amides is 1. The smallest absolute Gasteiger partial charge is 0.327 e. The van der Waals surface area contributed by atoms with Crippen molar-refractivity contribution >= 4 is 55.5 Å². The molecule has 1 aromatic carbocycles. The number of carboxylic acids is 1. The van der Waals surface area contributed by atoms with Crippen molar-refractivity contribution in [2.45, 2.75) is 6.04 Å². The van der Waals surface area contributed by atoms with Crippen LogP contribution < -0.4 is 4.74 Å². The summed E-state index contributed by atoms with van der Waals surface area (Å²) in [5.41, 5.74) is 0. The van der Waals surface area contributed by atoms with Gasteiger partial charge in [-0.1, -0.05) is 15.9 Å². The van der Waals surface area contributed by atoms with Crippen LogP contribution in [0.4, 0.5) is 0 Å². The molecule has 2 rings (SSSR count). The van der Waals surface area contributed by atoms with E-state index in [4.69, 9.17) is 9.84 Å². The van der Waals surface area contributed by atoms with E-state index in [2.05, 4.69) is 31.9 Å². The van der Waals surface area contributed by atoms with Gasteiger partial charge in [-0.15, -0.1) is 11.8 Å². The summed E-state index contributed by atoms with van der Waals surface area (Å²) < 4.78 is 7.05. The molecule has 5 nitrogen and oxygen atoms in total. The molecule has 20 heavy (non-hydrogen) atoms. The number of halogens is 2. The van der Waals surface area contributed by atoms with Gasteiger partial charge >= 0.3 is 5.97 Å². The molecule has 1 aromatic rings. The van der Waals surface area contributed by atoms with Gasteiger partial charge in [0.15, 0.2) is 6.61 Å². The number of rotatable bonds is 4. The SMILES string of the molecule is O=C(O)[C@@H]1CSCN1C(=O)COc1ccc(Br)cc1Br. The Balaban J connectivity index is 1.96. The Morgan fingerprint density at radius 1 is 1.45 bits per heavy atom. The molecule has 0 aromatic heterocycles. The van der Waals surface area contributed by atoms with Crippen molar-refractivity contribution in [3.8, 4) is 5.75 Å². The molecule has 108 valence electrons. The number of hydrogen-bond donors (Lipinski definition) is 1. The second kappa shape index (κ2) is 6.82. The molecule has 0 bridgehead atoms. The molecule has 1 aliphatic rings. The van der Waals surface area contributed by atoms with Crippen LogP contribution in [-0.2, 0) is 9.59 Å². The zero-order valence-corrected chi connectivity index (χ0v) is 14.2. The predicted octanol–water partition coefficient (Wildman–Crippen LogP) is 2.58. The molecule has 0 saturated carbocycles. The molecule has 0 aliphatic carbocycles. The zero-order chi connectivity index (χ0) is 14.7. The fourth-order valence-electron chi connectivity index (χ4n) is 1.71. The van der Waals surface area contributed by atoms with Crippen LogP contribution in [0.1, 0.15) is 0 Å². The Hall–Kier alpha value is -0.730. The monoisotopic (exact) mass is 423 g/mol. The second-order valence-corrected chi connectivity index (χ2v) is 6.85. The van der Waals surface area contributed by atoms with Crippen LogP contribution in [0.3, 0.4) is 0 Å². The van der Waals surface area contributed by atoms with Crippen molar-refractivity contribution < 1.29 is 19.4 Å². The van der Waals surface area contributed by atoms with E-state index in [1.807, 2.05) is 6.07 Å². The number of ether oxygens (including phenoxy) is 1. The van der Waals surface area contributed by atoms with E-state index in [9.17, 15) is 9.59 Å². The molecule has 1 amide bonds. The highest BCUT2D eigenvalue weighted by Gasteiger charge is 2.34. The Kier molecular flexibility index (Phi) is 5.34. The van der Waals surface area contributed by atoms with Gasteiger partial charge in [0.25, 0.3) is 5.91 Å². The summed E-state index contributed by atoms with van der Waals surface area (Å²) in [5.74, 6) is 0.0506. The number of benzene rings is 1. The van der Waals surface area contributed by atoms with Crippen molar-refractivity contribution in [3.05, 3.63) is 27.1 Å². The van der Waals surface area contributed by atoms with E-state index in [1.165, 1.54) is 16.7 Å². The van der Waals surface area contributed by atoms with E-state index >= 15 is 0 Å². The van der Waals surface area contributed by atoms with E-state index in [0.717, 1.165) is 8.95 Å². The van der Waals surface area contributed by atoms with Crippen molar-refractivity contribution in [1.29, 1.82) is 0 Å². The lowest BCUT2D eigenvalue weighted by Gasteiger charge is -2.20. The normalized spacial score (nSPS) is 18.1. The Bertz CT molecular complexity index is 540. The third-order valence-electron chi connectivity index (χ3n) is 2.73. The number of carboxylic acid groups (broad SMARTS) is 1. The summed E-state index contributed by atoms with van der Waals surface area (Å²) in [5, 5.41) is 9.03. The van der Waals surface area contributed by atoms with Gasteiger partial charge in [-0.05, 0) is 34.1 Å². The summed E-state index contributed by atoms with van der Waals surface area (Å²) in [6, 6.07) is 4.58. The van der Waals surface area contributed by atoms with Crippen LogP contribution in [0, 0.1) is 0 Å². The molecule has 8 heteroatoms. The maximum Gasteiger partial charge on any atom is 0.327 e. The Morgan fingerprint density at radius 3 is 2.85 bits per heavy atom. The van der Waals surface area contributed by atoms with Crippen LogP contribution in [0.25, 0.3) is 0 Å². The first-order valence-corrected chi connectivity index (χ1v) is 8.41. The number of aliphatic carboxylic acids is 1. The second-order valence-electron chi connectivity index (χ2n) is 4.08. The third-order valence-corrected chi connectivity index (χ3v) is 4.86. The first-order chi connectivity index (χ1) is 9.49.